The summed E-state index contributed by atoms with van der Waals surface area (Å²) in [6, 6.07) is 6.82. The van der Waals surface area contributed by atoms with Gasteiger partial charge in [0.25, 0.3) is 0 Å². The molecule has 3 heterocycles. The molecule has 0 unspecified atom stereocenters. The average molecular weight is 516 g/mol. The monoisotopic (exact) mass is 516 g/mol. The lowest BCUT2D eigenvalue weighted by Gasteiger charge is -2.39. The van der Waals surface area contributed by atoms with E-state index in [1.165, 1.54) is 6.07 Å². The SMILES string of the molecule is O=C(O)c1cc2c(O[C@H]3O[C@@H](CO)[C@@H](O)[C@H](O)[C@H]3O)c(-c3ccc(O)c(O)c3)oc3cc(=O)cc(o1)c32. The molecule has 37 heavy (non-hydrogen) atoms. The van der Waals surface area contributed by atoms with Gasteiger partial charge >= 0.3 is 5.97 Å². The molecule has 2 aromatic heterocycles. The van der Waals surface area contributed by atoms with Crippen LogP contribution in [0.3, 0.4) is 0 Å². The van der Waals surface area contributed by atoms with Crippen molar-refractivity contribution in [1.82, 2.24) is 0 Å². The van der Waals surface area contributed by atoms with Crippen LogP contribution in [0.25, 0.3) is 33.3 Å². The lowest BCUT2D eigenvalue weighted by atomic mass is 9.99. The highest BCUT2D eigenvalue weighted by atomic mass is 16.7. The van der Waals surface area contributed by atoms with E-state index in [4.69, 9.17) is 18.3 Å². The summed E-state index contributed by atoms with van der Waals surface area (Å²) in [7, 11) is 0. The van der Waals surface area contributed by atoms with Crippen molar-refractivity contribution in [1.29, 1.82) is 0 Å². The zero-order valence-corrected chi connectivity index (χ0v) is 18.6. The molecule has 4 aromatic rings. The summed E-state index contributed by atoms with van der Waals surface area (Å²) >= 11 is 0. The van der Waals surface area contributed by atoms with Gasteiger partial charge in [0.05, 0.1) is 12.0 Å². The van der Waals surface area contributed by atoms with E-state index < -0.39 is 66.0 Å². The van der Waals surface area contributed by atoms with Gasteiger partial charge < -0.3 is 54.1 Å². The lowest BCUT2D eigenvalue weighted by molar-refractivity contribution is -0.277. The standard InChI is InChI=1S/C24H20O13/c25-7-16-18(29)19(30)20(31)24(36-16)37-22-10-6-15(23(32)33)34-13-4-9(26)5-14(17(10)13)35-21(22)8-1-2-11(27)12(28)3-8/h1-6,16,18-20,24-25,27-31H,7H2,(H,32,33)/t16-,18+,19-,20+,24+/m0/s1. The number of carboxylic acid groups (broad SMARTS) is 1. The molecule has 194 valence electrons. The number of rotatable bonds is 5. The molecule has 7 N–H and O–H groups in total. The zero-order valence-electron chi connectivity index (χ0n) is 18.6. The Morgan fingerprint density at radius 2 is 1.62 bits per heavy atom. The highest BCUT2D eigenvalue weighted by molar-refractivity contribution is 6.11. The highest BCUT2D eigenvalue weighted by Gasteiger charge is 2.45. The summed E-state index contributed by atoms with van der Waals surface area (Å²) in [6.07, 6.45) is -8.28. The molecule has 13 nitrogen and oxygen atoms in total. The van der Waals surface area contributed by atoms with Crippen LogP contribution in [0, 0.1) is 0 Å². The molecule has 0 aliphatic carbocycles. The van der Waals surface area contributed by atoms with Crippen LogP contribution in [0.15, 0.2) is 50.0 Å². The van der Waals surface area contributed by atoms with E-state index >= 15 is 0 Å². The number of hydrogen-bond donors (Lipinski definition) is 7. The fourth-order valence-corrected chi connectivity index (χ4v) is 4.16. The van der Waals surface area contributed by atoms with Crippen molar-refractivity contribution in [2.24, 2.45) is 0 Å². The van der Waals surface area contributed by atoms with Crippen LogP contribution in [0.1, 0.15) is 10.6 Å². The maximum atomic E-state index is 12.3. The second-order valence-corrected chi connectivity index (χ2v) is 8.40. The number of aliphatic hydroxyl groups is 4. The summed E-state index contributed by atoms with van der Waals surface area (Å²) in [4.78, 5) is 24.0. The van der Waals surface area contributed by atoms with Crippen molar-refractivity contribution in [2.75, 3.05) is 6.61 Å². The molecule has 0 bridgehead atoms. The number of aliphatic hydroxyl groups excluding tert-OH is 4. The first kappa shape index (κ1) is 24.5. The maximum Gasteiger partial charge on any atom is 0.371 e. The van der Waals surface area contributed by atoms with Crippen LogP contribution >= 0.6 is 0 Å². The van der Waals surface area contributed by atoms with E-state index in [9.17, 15) is 45.3 Å². The van der Waals surface area contributed by atoms with Crippen molar-refractivity contribution in [3.8, 4) is 28.6 Å². The fourth-order valence-electron chi connectivity index (χ4n) is 4.16. The Hall–Kier alpha value is -4.14. The molecule has 1 saturated heterocycles. The highest BCUT2D eigenvalue weighted by Crippen LogP contribution is 2.44. The minimum Gasteiger partial charge on any atom is -0.504 e. The Labute approximate surface area is 205 Å². The van der Waals surface area contributed by atoms with Gasteiger partial charge in [-0.3, -0.25) is 4.79 Å². The van der Waals surface area contributed by atoms with Gasteiger partial charge in [-0.15, -0.1) is 0 Å². The Balaban J connectivity index is 1.81. The van der Waals surface area contributed by atoms with E-state index in [-0.39, 0.29) is 39.0 Å². The molecule has 5 rings (SSSR count). The van der Waals surface area contributed by atoms with Crippen LogP contribution in [-0.4, -0.2) is 79.0 Å². The van der Waals surface area contributed by atoms with Crippen molar-refractivity contribution in [2.45, 2.75) is 30.7 Å². The average Bonchev–Trinajstić information content (AvgIpc) is 2.86. The van der Waals surface area contributed by atoms with Crippen molar-refractivity contribution >= 4 is 27.9 Å². The van der Waals surface area contributed by atoms with E-state index in [1.807, 2.05) is 0 Å². The van der Waals surface area contributed by atoms with Gasteiger partial charge in [0.15, 0.2) is 28.4 Å². The Bertz CT molecular complexity index is 1570. The second kappa shape index (κ2) is 9.06. The van der Waals surface area contributed by atoms with Gasteiger partial charge in [-0.05, 0) is 18.2 Å². The molecule has 1 fully saturated rings. The maximum absolute atomic E-state index is 12.3. The topological polar surface area (TPSA) is 220 Å². The van der Waals surface area contributed by atoms with Gasteiger partial charge in [-0.25, -0.2) is 4.79 Å². The number of hydrogen-bond acceptors (Lipinski definition) is 12. The number of carbonyl (C=O) groups is 1. The van der Waals surface area contributed by atoms with Crippen LogP contribution in [0.2, 0.25) is 0 Å². The number of ether oxygens (including phenoxy) is 2. The molecular formula is C24H20O13. The number of aromatic carboxylic acids is 1. The van der Waals surface area contributed by atoms with Gasteiger partial charge in [0, 0.05) is 29.1 Å². The second-order valence-electron chi connectivity index (χ2n) is 8.40. The molecule has 13 heteroatoms. The number of benzene rings is 2. The molecule has 0 spiro atoms. The van der Waals surface area contributed by atoms with Crippen molar-refractivity contribution in [3.63, 3.8) is 0 Å². The molecule has 0 saturated carbocycles. The predicted octanol–water partition coefficient (Wildman–Crippen LogP) is 0.494. The summed E-state index contributed by atoms with van der Waals surface area (Å²) < 4.78 is 22.6. The van der Waals surface area contributed by atoms with E-state index in [0.717, 1.165) is 30.3 Å². The van der Waals surface area contributed by atoms with Gasteiger partial charge in [-0.2, -0.15) is 0 Å². The number of phenols is 2. The number of aromatic hydroxyl groups is 2. The van der Waals surface area contributed by atoms with Crippen molar-refractivity contribution < 1.29 is 58.8 Å². The number of carboxylic acids is 1. The van der Waals surface area contributed by atoms with Crippen LogP contribution in [0.4, 0.5) is 0 Å². The van der Waals surface area contributed by atoms with E-state index in [0.29, 0.717) is 0 Å². The molecule has 0 amide bonds. The minimum atomic E-state index is -1.83. The first-order chi connectivity index (χ1) is 17.6. The lowest BCUT2D eigenvalue weighted by Crippen LogP contribution is -2.60. The third-order valence-corrected chi connectivity index (χ3v) is 6.00. The smallest absolute Gasteiger partial charge is 0.371 e. The first-order valence-electron chi connectivity index (χ1n) is 10.9. The van der Waals surface area contributed by atoms with Gasteiger partial charge in [0.1, 0.15) is 35.6 Å². The summed E-state index contributed by atoms with van der Waals surface area (Å²) in [5, 5.41) is 69.9. The summed E-state index contributed by atoms with van der Waals surface area (Å²) in [5.41, 5.74) is -0.657. The van der Waals surface area contributed by atoms with Gasteiger partial charge in [-0.1, -0.05) is 0 Å². The third-order valence-electron chi connectivity index (χ3n) is 6.00. The Kier molecular flexibility index (Phi) is 6.01. The Morgan fingerprint density at radius 3 is 2.27 bits per heavy atom. The molecular weight excluding hydrogens is 496 g/mol. The first-order valence-corrected chi connectivity index (χ1v) is 10.9. The van der Waals surface area contributed by atoms with Crippen LogP contribution in [-0.2, 0) is 4.74 Å². The Morgan fingerprint density at radius 1 is 0.919 bits per heavy atom. The van der Waals surface area contributed by atoms with Crippen LogP contribution < -0.4 is 10.2 Å². The largest absolute Gasteiger partial charge is 0.504 e. The van der Waals surface area contributed by atoms with Crippen LogP contribution in [0.5, 0.6) is 17.2 Å². The summed E-state index contributed by atoms with van der Waals surface area (Å²) in [5.74, 6) is -3.49. The normalized spacial score (nSPS) is 23.9. The number of phenolic OH excluding ortho intramolecular Hbond substituents is 2. The quantitative estimate of drug-likeness (QED) is 0.180. The molecule has 1 aliphatic rings. The molecule has 5 atom stereocenters. The predicted molar refractivity (Wildman–Crippen MR) is 122 cm³/mol. The van der Waals surface area contributed by atoms with Gasteiger partial charge in [0.2, 0.25) is 12.1 Å². The molecule has 0 radical (unpaired) electrons. The summed E-state index contributed by atoms with van der Waals surface area (Å²) in [6.45, 7) is -0.730. The van der Waals surface area contributed by atoms with E-state index in [1.54, 1.807) is 0 Å². The third kappa shape index (κ3) is 4.14. The molecule has 2 aromatic carbocycles. The molecule has 1 aliphatic heterocycles. The minimum absolute atomic E-state index is 0.0272. The zero-order chi connectivity index (χ0) is 26.6. The van der Waals surface area contributed by atoms with Crippen molar-refractivity contribution in [3.05, 3.63) is 52.4 Å². The van der Waals surface area contributed by atoms with E-state index in [2.05, 4.69) is 0 Å². The fraction of sp³-hybridized carbons (Fsp3) is 0.250.